The molecule has 0 heterocycles. The van der Waals surface area contributed by atoms with Gasteiger partial charge in [-0.25, -0.2) is 8.42 Å². The molecule has 0 fully saturated rings. The Hall–Kier alpha value is -1.76. The molecule has 1 unspecified atom stereocenters. The molecule has 0 aliphatic carbocycles. The van der Waals surface area contributed by atoms with Gasteiger partial charge >= 0.3 is 0 Å². The van der Waals surface area contributed by atoms with Gasteiger partial charge in [0.15, 0.2) is 9.84 Å². The predicted molar refractivity (Wildman–Crippen MR) is 69.9 cm³/mol. The number of Topliss-reactive ketones (excluding diaryl/α,β-unsaturated/α-hetero) is 1. The standard InChI is InChI=1S/C12H15NO5S/c1-4-10(8(2)14)11-6-5-9(19(3,17)18)7-12(11)13(15)16/h5-7,10H,4H2,1-3H3. The molecule has 0 amide bonds. The van der Waals surface area contributed by atoms with Gasteiger partial charge in [-0.3, -0.25) is 14.9 Å². The molecule has 0 aromatic heterocycles. The lowest BCUT2D eigenvalue weighted by atomic mass is 9.92. The van der Waals surface area contributed by atoms with Crippen LogP contribution in [-0.2, 0) is 14.6 Å². The summed E-state index contributed by atoms with van der Waals surface area (Å²) in [6.07, 6.45) is 1.41. The second-order valence-corrected chi connectivity index (χ2v) is 6.34. The van der Waals surface area contributed by atoms with E-state index in [0.29, 0.717) is 6.42 Å². The average molecular weight is 285 g/mol. The molecule has 0 spiro atoms. The van der Waals surface area contributed by atoms with Gasteiger partial charge in [-0.15, -0.1) is 0 Å². The Morgan fingerprint density at radius 1 is 1.42 bits per heavy atom. The van der Waals surface area contributed by atoms with E-state index in [4.69, 9.17) is 0 Å². The molecule has 1 aromatic rings. The van der Waals surface area contributed by atoms with Crippen LogP contribution in [-0.4, -0.2) is 25.4 Å². The zero-order chi connectivity index (χ0) is 14.8. The van der Waals surface area contributed by atoms with Crippen LogP contribution in [0.15, 0.2) is 23.1 Å². The second-order valence-electron chi connectivity index (χ2n) is 4.32. The zero-order valence-corrected chi connectivity index (χ0v) is 11.7. The van der Waals surface area contributed by atoms with Crippen LogP contribution in [0, 0.1) is 10.1 Å². The molecule has 1 aromatic carbocycles. The highest BCUT2D eigenvalue weighted by molar-refractivity contribution is 7.90. The van der Waals surface area contributed by atoms with Crippen LogP contribution >= 0.6 is 0 Å². The van der Waals surface area contributed by atoms with Crippen molar-refractivity contribution in [2.24, 2.45) is 0 Å². The quantitative estimate of drug-likeness (QED) is 0.609. The Bertz CT molecular complexity index is 621. The van der Waals surface area contributed by atoms with Crippen LogP contribution < -0.4 is 0 Å². The smallest absolute Gasteiger partial charge is 0.274 e. The van der Waals surface area contributed by atoms with E-state index in [1.807, 2.05) is 0 Å². The number of sulfone groups is 1. The highest BCUT2D eigenvalue weighted by Gasteiger charge is 2.26. The van der Waals surface area contributed by atoms with Crippen molar-refractivity contribution in [3.63, 3.8) is 0 Å². The first-order valence-electron chi connectivity index (χ1n) is 5.67. The van der Waals surface area contributed by atoms with E-state index < -0.39 is 20.7 Å². The molecule has 7 heteroatoms. The van der Waals surface area contributed by atoms with Crippen LogP contribution in [0.25, 0.3) is 0 Å². The number of hydrogen-bond donors (Lipinski definition) is 0. The van der Waals surface area contributed by atoms with Crippen molar-refractivity contribution < 1.29 is 18.1 Å². The molecule has 0 aliphatic heterocycles. The number of nitro benzene ring substituents is 1. The fourth-order valence-electron chi connectivity index (χ4n) is 1.93. The molecule has 19 heavy (non-hydrogen) atoms. The van der Waals surface area contributed by atoms with E-state index >= 15 is 0 Å². The van der Waals surface area contributed by atoms with Crippen molar-refractivity contribution in [1.82, 2.24) is 0 Å². The van der Waals surface area contributed by atoms with Gasteiger partial charge < -0.3 is 0 Å². The number of carbonyl (C=O) groups excluding carboxylic acids is 1. The van der Waals surface area contributed by atoms with Gasteiger partial charge in [0, 0.05) is 23.8 Å². The molecule has 6 nitrogen and oxygen atoms in total. The summed E-state index contributed by atoms with van der Waals surface area (Å²) in [5.41, 5.74) is -0.0719. The van der Waals surface area contributed by atoms with Crippen molar-refractivity contribution >= 4 is 21.3 Å². The Labute approximate surface area is 111 Å². The van der Waals surface area contributed by atoms with Crippen molar-refractivity contribution in [2.45, 2.75) is 31.1 Å². The van der Waals surface area contributed by atoms with Crippen molar-refractivity contribution in [3.8, 4) is 0 Å². The molecule has 1 atom stereocenters. The third kappa shape index (κ3) is 3.37. The van der Waals surface area contributed by atoms with E-state index in [2.05, 4.69) is 0 Å². The molecule has 104 valence electrons. The minimum absolute atomic E-state index is 0.124. The van der Waals surface area contributed by atoms with E-state index in [1.54, 1.807) is 6.92 Å². The number of ketones is 1. The van der Waals surface area contributed by atoms with Crippen LogP contribution in [0.5, 0.6) is 0 Å². The highest BCUT2D eigenvalue weighted by atomic mass is 32.2. The normalized spacial score (nSPS) is 13.0. The number of carbonyl (C=O) groups is 1. The van der Waals surface area contributed by atoms with Crippen LogP contribution in [0.2, 0.25) is 0 Å². The monoisotopic (exact) mass is 285 g/mol. The fraction of sp³-hybridized carbons (Fsp3) is 0.417. The van der Waals surface area contributed by atoms with Crippen molar-refractivity contribution in [2.75, 3.05) is 6.26 Å². The summed E-state index contributed by atoms with van der Waals surface area (Å²) in [5.74, 6) is -0.772. The maximum absolute atomic E-state index is 11.5. The molecule has 0 N–H and O–H groups in total. The van der Waals surface area contributed by atoms with Gasteiger partial charge in [-0.2, -0.15) is 0 Å². The topological polar surface area (TPSA) is 94.3 Å². The number of benzene rings is 1. The van der Waals surface area contributed by atoms with Crippen molar-refractivity contribution in [1.29, 1.82) is 0 Å². The maximum Gasteiger partial charge on any atom is 0.274 e. The highest BCUT2D eigenvalue weighted by Crippen LogP contribution is 2.31. The van der Waals surface area contributed by atoms with Gasteiger partial charge in [-0.05, 0) is 19.4 Å². The Morgan fingerprint density at radius 2 is 2.00 bits per heavy atom. The fourth-order valence-corrected chi connectivity index (χ4v) is 2.57. The summed E-state index contributed by atoms with van der Waals surface area (Å²) in [5, 5.41) is 11.0. The SMILES string of the molecule is CCC(C(C)=O)c1ccc(S(C)(=O)=O)cc1[N+](=O)[O-]. The van der Waals surface area contributed by atoms with Gasteiger partial charge in [0.1, 0.15) is 5.78 Å². The first kappa shape index (κ1) is 15.3. The molecule has 0 bridgehead atoms. The van der Waals surface area contributed by atoms with E-state index in [9.17, 15) is 23.3 Å². The summed E-state index contributed by atoms with van der Waals surface area (Å²) in [6, 6.07) is 3.66. The lowest BCUT2D eigenvalue weighted by Gasteiger charge is -2.12. The first-order valence-corrected chi connectivity index (χ1v) is 7.56. The molecule has 1 rings (SSSR count). The summed E-state index contributed by atoms with van der Waals surface area (Å²) >= 11 is 0. The van der Waals surface area contributed by atoms with Crippen LogP contribution in [0.1, 0.15) is 31.7 Å². The molecule has 0 radical (unpaired) electrons. The van der Waals surface area contributed by atoms with E-state index in [0.717, 1.165) is 12.3 Å². The summed E-state index contributed by atoms with van der Waals surface area (Å²) < 4.78 is 22.8. The summed E-state index contributed by atoms with van der Waals surface area (Å²) in [6.45, 7) is 3.11. The summed E-state index contributed by atoms with van der Waals surface area (Å²) in [7, 11) is -3.52. The number of nitrogens with zero attached hydrogens (tertiary/aromatic N) is 1. The minimum atomic E-state index is -3.52. The second kappa shape index (κ2) is 5.48. The van der Waals surface area contributed by atoms with E-state index in [-0.39, 0.29) is 21.9 Å². The largest absolute Gasteiger partial charge is 0.299 e. The summed E-state index contributed by atoms with van der Waals surface area (Å²) in [4.78, 5) is 21.8. The Balaban J connectivity index is 3.51. The third-order valence-corrected chi connectivity index (χ3v) is 4.01. The number of hydrogen-bond acceptors (Lipinski definition) is 5. The predicted octanol–water partition coefficient (Wildman–Crippen LogP) is 2.08. The zero-order valence-electron chi connectivity index (χ0n) is 10.9. The van der Waals surface area contributed by atoms with Gasteiger partial charge in [0.2, 0.25) is 0 Å². The Kier molecular flexibility index (Phi) is 4.41. The minimum Gasteiger partial charge on any atom is -0.299 e. The molecule has 0 saturated carbocycles. The average Bonchev–Trinajstić information content (AvgIpc) is 2.28. The van der Waals surface area contributed by atoms with Crippen LogP contribution in [0.3, 0.4) is 0 Å². The molecular weight excluding hydrogens is 270 g/mol. The van der Waals surface area contributed by atoms with E-state index in [1.165, 1.54) is 19.1 Å². The lowest BCUT2D eigenvalue weighted by molar-refractivity contribution is -0.385. The maximum atomic E-state index is 11.5. The Morgan fingerprint density at radius 3 is 2.37 bits per heavy atom. The van der Waals surface area contributed by atoms with Gasteiger partial charge in [0.05, 0.1) is 9.82 Å². The first-order chi connectivity index (χ1) is 8.68. The third-order valence-electron chi connectivity index (χ3n) is 2.90. The van der Waals surface area contributed by atoms with Crippen molar-refractivity contribution in [3.05, 3.63) is 33.9 Å². The number of nitro groups is 1. The number of rotatable bonds is 5. The lowest BCUT2D eigenvalue weighted by Crippen LogP contribution is -2.11. The van der Waals surface area contributed by atoms with Crippen LogP contribution in [0.4, 0.5) is 5.69 Å². The van der Waals surface area contributed by atoms with Gasteiger partial charge in [-0.1, -0.05) is 13.0 Å². The molecule has 0 aliphatic rings. The molecular formula is C12H15NO5S. The van der Waals surface area contributed by atoms with Gasteiger partial charge in [0.25, 0.3) is 5.69 Å². The molecule has 0 saturated heterocycles.